The Balaban J connectivity index is 2.00. The standard InChI is InChI=1S/C17H16INOS/c1-12-9-10-19(15-7-2-3-8-16(15)21-12)17(20)13-5-4-6-14(18)11-13/h2-8,11-12H,9-10H2,1H3. The van der Waals surface area contributed by atoms with Gasteiger partial charge in [0.1, 0.15) is 0 Å². The number of para-hydroxylation sites is 1. The van der Waals surface area contributed by atoms with Crippen molar-refractivity contribution in [2.45, 2.75) is 23.5 Å². The minimum Gasteiger partial charge on any atom is -0.307 e. The summed E-state index contributed by atoms with van der Waals surface area (Å²) in [6, 6.07) is 16.0. The van der Waals surface area contributed by atoms with E-state index < -0.39 is 0 Å². The number of thioether (sulfide) groups is 1. The fraction of sp³-hybridized carbons (Fsp3) is 0.235. The number of hydrogen-bond donors (Lipinski definition) is 0. The average molecular weight is 409 g/mol. The van der Waals surface area contributed by atoms with Gasteiger partial charge >= 0.3 is 0 Å². The molecule has 21 heavy (non-hydrogen) atoms. The van der Waals surface area contributed by atoms with Gasteiger partial charge in [-0.1, -0.05) is 25.1 Å². The molecule has 0 saturated heterocycles. The summed E-state index contributed by atoms with van der Waals surface area (Å²) in [5.41, 5.74) is 1.80. The lowest BCUT2D eigenvalue weighted by Gasteiger charge is -2.22. The Labute approximate surface area is 143 Å². The number of rotatable bonds is 1. The maximum atomic E-state index is 12.9. The fourth-order valence-corrected chi connectivity index (χ4v) is 4.13. The minimum atomic E-state index is 0.0932. The van der Waals surface area contributed by atoms with E-state index in [1.807, 2.05) is 59.1 Å². The molecule has 0 N–H and O–H groups in total. The van der Waals surface area contributed by atoms with Crippen LogP contribution in [0.1, 0.15) is 23.7 Å². The molecule has 0 bridgehead atoms. The van der Waals surface area contributed by atoms with Crippen LogP contribution in [-0.4, -0.2) is 17.7 Å². The lowest BCUT2D eigenvalue weighted by atomic mass is 10.1. The van der Waals surface area contributed by atoms with Crippen LogP contribution in [0.25, 0.3) is 0 Å². The van der Waals surface area contributed by atoms with Gasteiger partial charge in [0.15, 0.2) is 0 Å². The summed E-state index contributed by atoms with van der Waals surface area (Å²) >= 11 is 4.10. The number of fused-ring (bicyclic) bond motifs is 1. The van der Waals surface area contributed by atoms with E-state index in [4.69, 9.17) is 0 Å². The van der Waals surface area contributed by atoms with Crippen molar-refractivity contribution in [1.29, 1.82) is 0 Å². The first-order valence-electron chi connectivity index (χ1n) is 6.98. The minimum absolute atomic E-state index is 0.0932. The SMILES string of the molecule is CC1CCN(C(=O)c2cccc(I)c2)c2ccccc2S1. The number of anilines is 1. The van der Waals surface area contributed by atoms with Crippen molar-refractivity contribution < 1.29 is 4.79 Å². The second-order valence-electron chi connectivity index (χ2n) is 5.15. The first kappa shape index (κ1) is 14.9. The van der Waals surface area contributed by atoms with E-state index in [-0.39, 0.29) is 5.91 Å². The van der Waals surface area contributed by atoms with Gasteiger partial charge in [-0.2, -0.15) is 0 Å². The van der Waals surface area contributed by atoms with Gasteiger partial charge < -0.3 is 4.90 Å². The van der Waals surface area contributed by atoms with Crippen LogP contribution < -0.4 is 4.90 Å². The zero-order valence-electron chi connectivity index (χ0n) is 11.8. The Kier molecular flexibility index (Phi) is 4.54. The maximum Gasteiger partial charge on any atom is 0.258 e. The number of carbonyl (C=O) groups is 1. The molecule has 2 nitrogen and oxygen atoms in total. The molecule has 1 amide bonds. The van der Waals surface area contributed by atoms with Gasteiger partial charge in [0.05, 0.1) is 5.69 Å². The Morgan fingerprint density at radius 3 is 2.86 bits per heavy atom. The highest BCUT2D eigenvalue weighted by atomic mass is 127. The van der Waals surface area contributed by atoms with E-state index in [0.717, 1.165) is 27.8 Å². The van der Waals surface area contributed by atoms with Gasteiger partial charge in [-0.25, -0.2) is 0 Å². The van der Waals surface area contributed by atoms with Gasteiger partial charge in [0.25, 0.3) is 5.91 Å². The summed E-state index contributed by atoms with van der Waals surface area (Å²) < 4.78 is 1.09. The second-order valence-corrected chi connectivity index (χ2v) is 7.88. The third-order valence-corrected chi connectivity index (χ3v) is 5.47. The zero-order valence-corrected chi connectivity index (χ0v) is 14.7. The topological polar surface area (TPSA) is 20.3 Å². The summed E-state index contributed by atoms with van der Waals surface area (Å²) in [6.45, 7) is 3.00. The number of hydrogen-bond acceptors (Lipinski definition) is 2. The van der Waals surface area contributed by atoms with Crippen LogP contribution in [0, 0.1) is 3.57 Å². The summed E-state index contributed by atoms with van der Waals surface area (Å²) in [7, 11) is 0. The molecular formula is C17H16INOS. The number of amides is 1. The molecular weight excluding hydrogens is 393 g/mol. The first-order valence-corrected chi connectivity index (χ1v) is 8.94. The quantitative estimate of drug-likeness (QED) is 0.630. The molecule has 2 aromatic rings. The van der Waals surface area contributed by atoms with Gasteiger partial charge in [-0.05, 0) is 59.3 Å². The highest BCUT2D eigenvalue weighted by Crippen LogP contribution is 2.37. The highest BCUT2D eigenvalue weighted by Gasteiger charge is 2.24. The van der Waals surface area contributed by atoms with Gasteiger partial charge in [-0.3, -0.25) is 4.79 Å². The molecule has 0 fully saturated rings. The van der Waals surface area contributed by atoms with Crippen LogP contribution in [0.5, 0.6) is 0 Å². The van der Waals surface area contributed by atoms with E-state index in [9.17, 15) is 4.79 Å². The normalized spacial score (nSPS) is 18.0. The predicted octanol–water partition coefficient (Wildman–Crippen LogP) is 4.82. The smallest absolute Gasteiger partial charge is 0.258 e. The van der Waals surface area contributed by atoms with Crippen LogP contribution in [0.15, 0.2) is 53.4 Å². The van der Waals surface area contributed by atoms with E-state index in [1.54, 1.807) is 0 Å². The zero-order chi connectivity index (χ0) is 14.8. The van der Waals surface area contributed by atoms with Gasteiger partial charge in [0, 0.05) is 25.8 Å². The maximum absolute atomic E-state index is 12.9. The molecule has 0 aliphatic carbocycles. The third-order valence-electron chi connectivity index (χ3n) is 3.56. The lowest BCUT2D eigenvalue weighted by Crippen LogP contribution is -2.32. The van der Waals surface area contributed by atoms with Crippen molar-refractivity contribution in [3.05, 3.63) is 57.7 Å². The van der Waals surface area contributed by atoms with Crippen LogP contribution in [0.3, 0.4) is 0 Å². The third kappa shape index (κ3) is 3.26. The van der Waals surface area contributed by atoms with E-state index in [0.29, 0.717) is 5.25 Å². The molecule has 1 atom stereocenters. The van der Waals surface area contributed by atoms with E-state index in [2.05, 4.69) is 35.6 Å². The van der Waals surface area contributed by atoms with Crippen LogP contribution in [0.2, 0.25) is 0 Å². The largest absolute Gasteiger partial charge is 0.307 e. The Morgan fingerprint density at radius 1 is 1.24 bits per heavy atom. The van der Waals surface area contributed by atoms with Crippen LogP contribution in [0.4, 0.5) is 5.69 Å². The molecule has 1 unspecified atom stereocenters. The highest BCUT2D eigenvalue weighted by molar-refractivity contribution is 14.1. The molecule has 2 aromatic carbocycles. The number of halogens is 1. The van der Waals surface area contributed by atoms with Crippen molar-refractivity contribution >= 4 is 45.9 Å². The first-order chi connectivity index (χ1) is 10.1. The molecule has 1 aliphatic heterocycles. The molecule has 108 valence electrons. The van der Waals surface area contributed by atoms with Crippen LogP contribution in [-0.2, 0) is 0 Å². The van der Waals surface area contributed by atoms with Gasteiger partial charge in [-0.15, -0.1) is 11.8 Å². The summed E-state index contributed by atoms with van der Waals surface area (Å²) in [5, 5.41) is 0.528. The number of carbonyl (C=O) groups excluding carboxylic acids is 1. The van der Waals surface area contributed by atoms with Crippen molar-refractivity contribution in [1.82, 2.24) is 0 Å². The summed E-state index contributed by atoms with van der Waals surface area (Å²) in [4.78, 5) is 16.0. The molecule has 1 heterocycles. The van der Waals surface area contributed by atoms with Crippen molar-refractivity contribution in [2.75, 3.05) is 11.4 Å². The fourth-order valence-electron chi connectivity index (χ4n) is 2.48. The lowest BCUT2D eigenvalue weighted by molar-refractivity contribution is 0.0986. The van der Waals surface area contributed by atoms with Crippen molar-refractivity contribution in [3.8, 4) is 0 Å². The Morgan fingerprint density at radius 2 is 2.05 bits per heavy atom. The summed E-state index contributed by atoms with van der Waals surface area (Å²) in [5.74, 6) is 0.0932. The van der Waals surface area contributed by atoms with E-state index >= 15 is 0 Å². The second kappa shape index (κ2) is 6.40. The van der Waals surface area contributed by atoms with Gasteiger partial charge in [0.2, 0.25) is 0 Å². The number of nitrogens with zero attached hydrogens (tertiary/aromatic N) is 1. The van der Waals surface area contributed by atoms with Crippen molar-refractivity contribution in [3.63, 3.8) is 0 Å². The molecule has 0 aromatic heterocycles. The molecule has 0 radical (unpaired) electrons. The van der Waals surface area contributed by atoms with Crippen molar-refractivity contribution in [2.24, 2.45) is 0 Å². The van der Waals surface area contributed by atoms with E-state index in [1.165, 1.54) is 4.90 Å². The summed E-state index contributed by atoms with van der Waals surface area (Å²) in [6.07, 6.45) is 1.01. The number of benzene rings is 2. The molecule has 3 rings (SSSR count). The predicted molar refractivity (Wildman–Crippen MR) is 97.2 cm³/mol. The average Bonchev–Trinajstić information content (AvgIpc) is 2.65. The molecule has 4 heteroatoms. The molecule has 1 aliphatic rings. The Hall–Kier alpha value is -1.01. The molecule has 0 spiro atoms. The monoisotopic (exact) mass is 409 g/mol. The molecule has 0 saturated carbocycles. The Bertz CT molecular complexity index is 673. The van der Waals surface area contributed by atoms with Crippen LogP contribution >= 0.6 is 34.4 Å².